The van der Waals surface area contributed by atoms with Gasteiger partial charge in [0, 0.05) is 22.3 Å². The van der Waals surface area contributed by atoms with Crippen LogP contribution in [-0.4, -0.2) is 6.54 Å². The molecule has 0 atom stereocenters. The molecule has 0 aromatic heterocycles. The smallest absolute Gasteiger partial charge is 0.0506 e. The van der Waals surface area contributed by atoms with Crippen LogP contribution in [0.5, 0.6) is 0 Å². The average molecular weight is 366 g/mol. The Bertz CT molecular complexity index is 526. The van der Waals surface area contributed by atoms with Crippen molar-refractivity contribution >= 4 is 34.0 Å². The summed E-state index contributed by atoms with van der Waals surface area (Å²) in [7, 11) is 0. The molecule has 0 unspecified atom stereocenters. The van der Waals surface area contributed by atoms with Gasteiger partial charge in [-0.25, -0.2) is 0 Å². The fourth-order valence-corrected chi connectivity index (χ4v) is 3.02. The molecule has 0 amide bonds. The number of nitrogen functional groups attached to an aromatic ring is 1. The van der Waals surface area contributed by atoms with Gasteiger partial charge in [-0.1, -0.05) is 37.3 Å². The first-order valence-electron chi connectivity index (χ1n) is 6.54. The summed E-state index contributed by atoms with van der Waals surface area (Å²) in [6.45, 7) is 4.20. The molecule has 2 N–H and O–H groups in total. The van der Waals surface area contributed by atoms with E-state index in [0.717, 1.165) is 25.2 Å². The van der Waals surface area contributed by atoms with E-state index in [1.54, 1.807) is 0 Å². The lowest BCUT2D eigenvalue weighted by Gasteiger charge is -2.26. The predicted octanol–water partition coefficient (Wildman–Crippen LogP) is 4.29. The highest BCUT2D eigenvalue weighted by atomic mass is 127. The Morgan fingerprint density at radius 1 is 1.11 bits per heavy atom. The number of hydrogen-bond donors (Lipinski definition) is 1. The molecule has 0 aliphatic rings. The second-order valence-electron chi connectivity index (χ2n) is 4.62. The van der Waals surface area contributed by atoms with Crippen LogP contribution in [-0.2, 0) is 6.54 Å². The van der Waals surface area contributed by atoms with Crippen LogP contribution in [0.3, 0.4) is 0 Å². The van der Waals surface area contributed by atoms with Gasteiger partial charge >= 0.3 is 0 Å². The zero-order chi connectivity index (χ0) is 13.7. The highest BCUT2D eigenvalue weighted by Crippen LogP contribution is 2.26. The van der Waals surface area contributed by atoms with Crippen LogP contribution in [0.1, 0.15) is 18.9 Å². The summed E-state index contributed by atoms with van der Waals surface area (Å²) in [6, 6.07) is 16.7. The standard InChI is InChI=1S/C16H19IN2/c1-2-10-19(12-13-6-4-3-5-7-13)16-9-8-14(18)11-15(16)17/h3-9,11H,2,10,12,18H2,1H3. The average Bonchev–Trinajstić information content (AvgIpc) is 2.39. The lowest BCUT2D eigenvalue weighted by Crippen LogP contribution is -2.24. The van der Waals surface area contributed by atoms with Gasteiger partial charge in [0.15, 0.2) is 0 Å². The minimum atomic E-state index is 0.823. The Balaban J connectivity index is 2.24. The SMILES string of the molecule is CCCN(Cc1ccccc1)c1ccc(N)cc1I. The zero-order valence-electron chi connectivity index (χ0n) is 11.1. The number of anilines is 2. The normalized spacial score (nSPS) is 10.4. The number of rotatable bonds is 5. The Kier molecular flexibility index (Phi) is 5.07. The third-order valence-electron chi connectivity index (χ3n) is 3.02. The Morgan fingerprint density at radius 3 is 2.47 bits per heavy atom. The second kappa shape index (κ2) is 6.80. The van der Waals surface area contributed by atoms with Crippen LogP contribution in [0.2, 0.25) is 0 Å². The topological polar surface area (TPSA) is 29.3 Å². The molecule has 2 aromatic carbocycles. The van der Waals surface area contributed by atoms with Crippen molar-refractivity contribution in [3.63, 3.8) is 0 Å². The Labute approximate surface area is 128 Å². The largest absolute Gasteiger partial charge is 0.399 e. The molecule has 0 radical (unpaired) electrons. The van der Waals surface area contributed by atoms with Gasteiger partial charge in [-0.3, -0.25) is 0 Å². The number of nitrogens with two attached hydrogens (primary N) is 1. The van der Waals surface area contributed by atoms with E-state index in [-0.39, 0.29) is 0 Å². The maximum absolute atomic E-state index is 5.83. The molecule has 0 saturated heterocycles. The van der Waals surface area contributed by atoms with Gasteiger partial charge in [0.2, 0.25) is 0 Å². The van der Waals surface area contributed by atoms with Gasteiger partial charge < -0.3 is 10.6 Å². The quantitative estimate of drug-likeness (QED) is 0.632. The molecule has 3 heteroatoms. The number of benzene rings is 2. The zero-order valence-corrected chi connectivity index (χ0v) is 13.3. The second-order valence-corrected chi connectivity index (χ2v) is 5.78. The highest BCUT2D eigenvalue weighted by Gasteiger charge is 2.10. The summed E-state index contributed by atoms with van der Waals surface area (Å²) in [4.78, 5) is 2.41. The fourth-order valence-electron chi connectivity index (χ4n) is 2.14. The maximum Gasteiger partial charge on any atom is 0.0506 e. The van der Waals surface area contributed by atoms with Crippen molar-refractivity contribution in [3.8, 4) is 0 Å². The van der Waals surface area contributed by atoms with E-state index in [4.69, 9.17) is 5.73 Å². The third-order valence-corrected chi connectivity index (χ3v) is 3.89. The number of hydrogen-bond acceptors (Lipinski definition) is 2. The molecule has 0 aliphatic carbocycles. The molecule has 2 nitrogen and oxygen atoms in total. The molecule has 100 valence electrons. The van der Waals surface area contributed by atoms with Gasteiger partial charge in [-0.15, -0.1) is 0 Å². The highest BCUT2D eigenvalue weighted by molar-refractivity contribution is 14.1. The van der Waals surface area contributed by atoms with Crippen molar-refractivity contribution in [2.45, 2.75) is 19.9 Å². The van der Waals surface area contributed by atoms with Crippen LogP contribution in [0.4, 0.5) is 11.4 Å². The first kappa shape index (κ1) is 14.2. The first-order chi connectivity index (χ1) is 9.20. The van der Waals surface area contributed by atoms with E-state index in [2.05, 4.69) is 70.8 Å². The van der Waals surface area contributed by atoms with E-state index >= 15 is 0 Å². The van der Waals surface area contributed by atoms with Crippen LogP contribution in [0.15, 0.2) is 48.5 Å². The fraction of sp³-hybridized carbons (Fsp3) is 0.250. The molecular formula is C16H19IN2. The van der Waals surface area contributed by atoms with E-state index in [1.807, 2.05) is 12.1 Å². The Morgan fingerprint density at radius 2 is 1.84 bits per heavy atom. The van der Waals surface area contributed by atoms with Crippen LogP contribution in [0.25, 0.3) is 0 Å². The molecule has 0 fully saturated rings. The summed E-state index contributed by atoms with van der Waals surface area (Å²) in [5.41, 5.74) is 9.26. The summed E-state index contributed by atoms with van der Waals surface area (Å²) < 4.78 is 1.21. The number of nitrogens with zero attached hydrogens (tertiary/aromatic N) is 1. The lowest BCUT2D eigenvalue weighted by molar-refractivity contribution is 0.765. The molecule has 0 saturated carbocycles. The van der Waals surface area contributed by atoms with E-state index in [9.17, 15) is 0 Å². The summed E-state index contributed by atoms with van der Waals surface area (Å²) >= 11 is 2.36. The molecule has 0 bridgehead atoms. The van der Waals surface area contributed by atoms with Crippen molar-refractivity contribution in [2.24, 2.45) is 0 Å². The number of halogens is 1. The Hall–Kier alpha value is -1.23. The molecule has 2 rings (SSSR count). The summed E-state index contributed by atoms with van der Waals surface area (Å²) in [5, 5.41) is 0. The van der Waals surface area contributed by atoms with Crippen molar-refractivity contribution in [1.29, 1.82) is 0 Å². The van der Waals surface area contributed by atoms with Crippen LogP contribution < -0.4 is 10.6 Å². The molecule has 0 aliphatic heterocycles. The minimum absolute atomic E-state index is 0.823. The molecule has 2 aromatic rings. The first-order valence-corrected chi connectivity index (χ1v) is 7.62. The summed E-state index contributed by atoms with van der Waals surface area (Å²) in [5.74, 6) is 0. The van der Waals surface area contributed by atoms with E-state index in [1.165, 1.54) is 14.8 Å². The van der Waals surface area contributed by atoms with Crippen LogP contribution in [0, 0.1) is 3.57 Å². The minimum Gasteiger partial charge on any atom is -0.399 e. The van der Waals surface area contributed by atoms with Gasteiger partial charge in [0.25, 0.3) is 0 Å². The van der Waals surface area contributed by atoms with Crippen molar-refractivity contribution in [1.82, 2.24) is 0 Å². The summed E-state index contributed by atoms with van der Waals surface area (Å²) in [6.07, 6.45) is 1.13. The van der Waals surface area contributed by atoms with Crippen molar-refractivity contribution < 1.29 is 0 Å². The lowest BCUT2D eigenvalue weighted by atomic mass is 10.2. The van der Waals surface area contributed by atoms with E-state index in [0.29, 0.717) is 0 Å². The van der Waals surface area contributed by atoms with Gasteiger partial charge in [0.1, 0.15) is 0 Å². The van der Waals surface area contributed by atoms with E-state index < -0.39 is 0 Å². The van der Waals surface area contributed by atoms with Gasteiger partial charge in [0.05, 0.1) is 5.69 Å². The molecular weight excluding hydrogens is 347 g/mol. The molecule has 0 spiro atoms. The monoisotopic (exact) mass is 366 g/mol. The molecule has 0 heterocycles. The van der Waals surface area contributed by atoms with Gasteiger partial charge in [-0.05, 0) is 52.8 Å². The predicted molar refractivity (Wildman–Crippen MR) is 91.4 cm³/mol. The van der Waals surface area contributed by atoms with Crippen molar-refractivity contribution in [2.75, 3.05) is 17.2 Å². The van der Waals surface area contributed by atoms with Crippen molar-refractivity contribution in [3.05, 3.63) is 57.7 Å². The molecule has 19 heavy (non-hydrogen) atoms. The van der Waals surface area contributed by atoms with Crippen LogP contribution >= 0.6 is 22.6 Å². The maximum atomic E-state index is 5.83. The van der Waals surface area contributed by atoms with Gasteiger partial charge in [-0.2, -0.15) is 0 Å². The third kappa shape index (κ3) is 3.86.